The van der Waals surface area contributed by atoms with Crippen molar-refractivity contribution >= 4 is 0 Å². The van der Waals surface area contributed by atoms with E-state index in [0.29, 0.717) is 0 Å². The largest absolute Gasteiger partial charge is 0.665 e. The van der Waals surface area contributed by atoms with E-state index in [1.165, 1.54) is 6.42 Å². The maximum Gasteiger partial charge on any atom is 0 e. The Hall–Kier alpha value is 1.06. The van der Waals surface area contributed by atoms with Crippen molar-refractivity contribution in [3.05, 3.63) is 5.32 Å². The van der Waals surface area contributed by atoms with Crippen LogP contribution in [0.5, 0.6) is 0 Å². The summed E-state index contributed by atoms with van der Waals surface area (Å²) in [5.41, 5.74) is 0. The molecule has 0 bridgehead atoms. The van der Waals surface area contributed by atoms with Crippen LogP contribution < -0.4 is 0 Å². The van der Waals surface area contributed by atoms with E-state index in [4.69, 9.17) is 0 Å². The SMILES string of the molecule is C.C.CCC[N-]C.[Y]. The standard InChI is InChI=1S/C4H10N.2CH4.Y/c1-3-4-5-2;;;/h3-4H2,1-2H3;2*1H4;/q-1;;;. The van der Waals surface area contributed by atoms with Crippen molar-refractivity contribution in [3.8, 4) is 0 Å². The quantitative estimate of drug-likeness (QED) is 0.640. The number of nitrogens with zero attached hydrogens (tertiary/aromatic N) is 1. The number of hydrogen-bond donors (Lipinski definition) is 0. The van der Waals surface area contributed by atoms with Crippen LogP contribution in [0.3, 0.4) is 0 Å². The summed E-state index contributed by atoms with van der Waals surface area (Å²) >= 11 is 0. The van der Waals surface area contributed by atoms with Crippen LogP contribution in [0.2, 0.25) is 0 Å². The van der Waals surface area contributed by atoms with Crippen LogP contribution in [0.1, 0.15) is 28.2 Å². The molecule has 51 valence electrons. The number of hydrogen-bond acceptors (Lipinski definition) is 0. The first-order valence-corrected chi connectivity index (χ1v) is 1.97. The van der Waals surface area contributed by atoms with Crippen molar-refractivity contribution in [2.45, 2.75) is 28.2 Å². The normalized spacial score (nSPS) is 5.25. The van der Waals surface area contributed by atoms with Crippen LogP contribution in [-0.4, -0.2) is 13.6 Å². The van der Waals surface area contributed by atoms with E-state index in [1.807, 2.05) is 7.05 Å². The van der Waals surface area contributed by atoms with Crippen LogP contribution in [0.15, 0.2) is 0 Å². The molecule has 0 aromatic rings. The third kappa shape index (κ3) is 27.7. The summed E-state index contributed by atoms with van der Waals surface area (Å²) in [4.78, 5) is 0. The van der Waals surface area contributed by atoms with Crippen LogP contribution in [-0.2, 0) is 32.7 Å². The van der Waals surface area contributed by atoms with Gasteiger partial charge in [-0.2, -0.15) is 7.05 Å². The van der Waals surface area contributed by atoms with E-state index in [0.717, 1.165) is 6.54 Å². The topological polar surface area (TPSA) is 14.1 Å². The molecule has 0 aromatic heterocycles. The van der Waals surface area contributed by atoms with Crippen molar-refractivity contribution in [1.82, 2.24) is 0 Å². The zero-order chi connectivity index (χ0) is 4.12. The predicted molar refractivity (Wildman–Crippen MR) is 37.9 cm³/mol. The van der Waals surface area contributed by atoms with Crippen molar-refractivity contribution in [2.75, 3.05) is 13.6 Å². The number of rotatable bonds is 2. The van der Waals surface area contributed by atoms with Crippen LogP contribution in [0.4, 0.5) is 0 Å². The molecule has 0 heterocycles. The van der Waals surface area contributed by atoms with Gasteiger partial charge in [-0.05, 0) is 0 Å². The molecule has 0 atom stereocenters. The first-order valence-electron chi connectivity index (χ1n) is 1.97. The fourth-order valence-corrected chi connectivity index (χ4v) is 0.224. The molecule has 0 unspecified atom stereocenters. The van der Waals surface area contributed by atoms with E-state index in [-0.39, 0.29) is 47.6 Å². The van der Waals surface area contributed by atoms with Crippen molar-refractivity contribution < 1.29 is 32.7 Å². The molecule has 0 aromatic carbocycles. The predicted octanol–water partition coefficient (Wildman–Crippen LogP) is 2.67. The fourth-order valence-electron chi connectivity index (χ4n) is 0.224. The van der Waals surface area contributed by atoms with Gasteiger partial charge in [0.2, 0.25) is 0 Å². The summed E-state index contributed by atoms with van der Waals surface area (Å²) in [5, 5.41) is 3.85. The van der Waals surface area contributed by atoms with Gasteiger partial charge in [-0.1, -0.05) is 28.2 Å². The molecule has 0 saturated carbocycles. The third-order valence-electron chi connectivity index (χ3n) is 0.447. The molecule has 8 heavy (non-hydrogen) atoms. The summed E-state index contributed by atoms with van der Waals surface area (Å²) in [5.74, 6) is 0. The first-order chi connectivity index (χ1) is 2.41. The van der Waals surface area contributed by atoms with Gasteiger partial charge in [0.25, 0.3) is 0 Å². The smallest absolute Gasteiger partial charge is 0 e. The fraction of sp³-hybridized carbons (Fsp3) is 1.00. The summed E-state index contributed by atoms with van der Waals surface area (Å²) in [6.07, 6.45) is 1.18. The van der Waals surface area contributed by atoms with Gasteiger partial charge in [0.05, 0.1) is 0 Å². The van der Waals surface area contributed by atoms with Gasteiger partial charge in [-0.3, -0.25) is 0 Å². The molecule has 0 aliphatic rings. The zero-order valence-corrected chi connectivity index (χ0v) is 7.28. The minimum Gasteiger partial charge on any atom is -0.665 e. The van der Waals surface area contributed by atoms with Gasteiger partial charge in [0.15, 0.2) is 0 Å². The van der Waals surface area contributed by atoms with Crippen molar-refractivity contribution in [2.24, 2.45) is 0 Å². The Labute approximate surface area is 79.5 Å². The summed E-state index contributed by atoms with van der Waals surface area (Å²) in [6.45, 7) is 3.13. The Balaban J connectivity index is -0.0000000267. The zero-order valence-electron chi connectivity index (χ0n) is 4.44. The second-order valence-electron chi connectivity index (χ2n) is 1.04. The van der Waals surface area contributed by atoms with Crippen LogP contribution in [0, 0.1) is 0 Å². The van der Waals surface area contributed by atoms with Crippen LogP contribution >= 0.6 is 0 Å². The Kier molecular flexibility index (Phi) is 70.0. The maximum atomic E-state index is 3.85. The molecular weight excluding hydrogens is 175 g/mol. The first kappa shape index (κ1) is 23.0. The van der Waals surface area contributed by atoms with E-state index in [1.54, 1.807) is 0 Å². The minimum absolute atomic E-state index is 0. The van der Waals surface area contributed by atoms with Crippen LogP contribution in [0.25, 0.3) is 5.32 Å². The van der Waals surface area contributed by atoms with E-state index >= 15 is 0 Å². The molecule has 0 amide bonds. The average molecular weight is 193 g/mol. The molecule has 0 fully saturated rings. The van der Waals surface area contributed by atoms with Gasteiger partial charge < -0.3 is 5.32 Å². The van der Waals surface area contributed by atoms with Gasteiger partial charge in [0.1, 0.15) is 0 Å². The summed E-state index contributed by atoms with van der Waals surface area (Å²) < 4.78 is 0. The minimum atomic E-state index is 0. The van der Waals surface area contributed by atoms with Crippen molar-refractivity contribution in [1.29, 1.82) is 0 Å². The van der Waals surface area contributed by atoms with Gasteiger partial charge in [0, 0.05) is 32.7 Å². The van der Waals surface area contributed by atoms with E-state index < -0.39 is 0 Å². The molecule has 0 spiro atoms. The van der Waals surface area contributed by atoms with Crippen molar-refractivity contribution in [3.63, 3.8) is 0 Å². The molecule has 0 aliphatic heterocycles. The molecule has 2 heteroatoms. The second-order valence-corrected chi connectivity index (χ2v) is 1.04. The van der Waals surface area contributed by atoms with Gasteiger partial charge in [-0.15, -0.1) is 6.54 Å². The monoisotopic (exact) mass is 193 g/mol. The molecule has 0 aliphatic carbocycles. The van der Waals surface area contributed by atoms with E-state index in [2.05, 4.69) is 12.2 Å². The molecular formula is C6H18NY-. The summed E-state index contributed by atoms with van der Waals surface area (Å²) in [6, 6.07) is 0. The molecule has 0 rings (SSSR count). The molecule has 1 radical (unpaired) electrons. The Morgan fingerprint density at radius 1 is 1.25 bits per heavy atom. The average Bonchev–Trinajstić information content (AvgIpc) is 1.41. The van der Waals surface area contributed by atoms with Gasteiger partial charge >= 0.3 is 0 Å². The molecule has 0 saturated heterocycles. The van der Waals surface area contributed by atoms with Gasteiger partial charge in [-0.25, -0.2) is 0 Å². The summed E-state index contributed by atoms with van der Waals surface area (Å²) in [7, 11) is 1.84. The van der Waals surface area contributed by atoms with E-state index in [9.17, 15) is 0 Å². The Morgan fingerprint density at radius 2 is 1.62 bits per heavy atom. The Morgan fingerprint density at radius 3 is 1.62 bits per heavy atom. The third-order valence-corrected chi connectivity index (χ3v) is 0.447. The Bertz CT molecular complexity index is 16.0. The molecule has 1 nitrogen and oxygen atoms in total. The second kappa shape index (κ2) is 24.4. The maximum absolute atomic E-state index is 3.85. The molecule has 0 N–H and O–H groups in total.